The zero-order valence-corrected chi connectivity index (χ0v) is 13.4. The van der Waals surface area contributed by atoms with Gasteiger partial charge >= 0.3 is 0 Å². The van der Waals surface area contributed by atoms with Gasteiger partial charge in [-0.3, -0.25) is 4.79 Å². The summed E-state index contributed by atoms with van der Waals surface area (Å²) in [6, 6.07) is 7.24. The van der Waals surface area contributed by atoms with E-state index in [2.05, 4.69) is 12.2 Å². The first kappa shape index (κ1) is 17.4. The van der Waals surface area contributed by atoms with E-state index in [-0.39, 0.29) is 12.5 Å². The molecule has 0 unspecified atom stereocenters. The number of carbonyl (C=O) groups excluding carboxylic acids is 1. The number of benzene rings is 1. The third-order valence-corrected chi connectivity index (χ3v) is 3.12. The van der Waals surface area contributed by atoms with Gasteiger partial charge in [-0.15, -0.1) is 0 Å². The van der Waals surface area contributed by atoms with Gasteiger partial charge in [0.05, 0.1) is 0 Å². The topological polar surface area (TPSA) is 64.3 Å². The minimum absolute atomic E-state index is 0.0398. The Balaban J connectivity index is 2.34. The van der Waals surface area contributed by atoms with Crippen molar-refractivity contribution in [1.82, 2.24) is 0 Å². The van der Waals surface area contributed by atoms with Gasteiger partial charge in [-0.05, 0) is 18.6 Å². The number of hydrogen-bond donors (Lipinski definition) is 2. The highest BCUT2D eigenvalue weighted by molar-refractivity contribution is 7.80. The zero-order valence-electron chi connectivity index (χ0n) is 12.6. The first-order valence-corrected chi connectivity index (χ1v) is 7.83. The van der Waals surface area contributed by atoms with Gasteiger partial charge in [0.2, 0.25) is 5.91 Å². The molecule has 0 saturated heterocycles. The van der Waals surface area contributed by atoms with Gasteiger partial charge in [-0.2, -0.15) is 0 Å². The molecule has 0 radical (unpaired) electrons. The molecule has 4 nitrogen and oxygen atoms in total. The van der Waals surface area contributed by atoms with Crippen LogP contribution < -0.4 is 15.8 Å². The molecule has 1 aromatic carbocycles. The third-order valence-electron chi connectivity index (χ3n) is 3.01. The molecule has 21 heavy (non-hydrogen) atoms. The predicted octanol–water partition coefficient (Wildman–Crippen LogP) is 3.65. The maximum Gasteiger partial charge on any atom is 0.224 e. The SMILES string of the molecule is CCCCCCCC(=O)Nc1cccc(OCC(N)=S)c1. The van der Waals surface area contributed by atoms with E-state index in [1.165, 1.54) is 19.3 Å². The number of carbonyl (C=O) groups is 1. The van der Waals surface area contributed by atoms with Crippen molar-refractivity contribution in [3.63, 3.8) is 0 Å². The summed E-state index contributed by atoms with van der Waals surface area (Å²) in [7, 11) is 0. The summed E-state index contributed by atoms with van der Waals surface area (Å²) in [5.74, 6) is 0.682. The van der Waals surface area contributed by atoms with E-state index in [4.69, 9.17) is 22.7 Å². The largest absolute Gasteiger partial charge is 0.486 e. The molecule has 0 heterocycles. The maximum absolute atomic E-state index is 11.8. The van der Waals surface area contributed by atoms with Crippen LogP contribution in [-0.4, -0.2) is 17.5 Å². The van der Waals surface area contributed by atoms with E-state index in [0.29, 0.717) is 17.2 Å². The van der Waals surface area contributed by atoms with E-state index >= 15 is 0 Å². The lowest BCUT2D eigenvalue weighted by molar-refractivity contribution is -0.116. The van der Waals surface area contributed by atoms with Gasteiger partial charge in [0.15, 0.2) is 0 Å². The second kappa shape index (κ2) is 10.2. The fourth-order valence-electron chi connectivity index (χ4n) is 1.93. The van der Waals surface area contributed by atoms with Crippen LogP contribution in [0.4, 0.5) is 5.69 Å². The lowest BCUT2D eigenvalue weighted by atomic mass is 10.1. The Hall–Kier alpha value is -1.62. The Bertz CT molecular complexity index is 463. The van der Waals surface area contributed by atoms with Gasteiger partial charge in [0.1, 0.15) is 17.3 Å². The molecule has 0 aliphatic heterocycles. The molecule has 0 aliphatic carbocycles. The molecule has 5 heteroatoms. The van der Waals surface area contributed by atoms with Crippen molar-refractivity contribution in [3.05, 3.63) is 24.3 Å². The standard InChI is InChI=1S/C16H24N2O2S/c1-2-3-4-5-6-10-16(19)18-13-8-7-9-14(11-13)20-12-15(17)21/h7-9,11H,2-6,10,12H2,1H3,(H2,17,21)(H,18,19). The van der Waals surface area contributed by atoms with Crippen LogP contribution in [0.1, 0.15) is 45.4 Å². The monoisotopic (exact) mass is 308 g/mol. The molecule has 1 rings (SSSR count). The van der Waals surface area contributed by atoms with E-state index in [1.807, 2.05) is 12.1 Å². The Morgan fingerprint density at radius 3 is 2.76 bits per heavy atom. The van der Waals surface area contributed by atoms with Crippen LogP contribution in [0.3, 0.4) is 0 Å². The Labute approximate surface area is 132 Å². The summed E-state index contributed by atoms with van der Waals surface area (Å²) in [4.78, 5) is 12.1. The molecule has 0 bridgehead atoms. The van der Waals surface area contributed by atoms with Crippen molar-refractivity contribution in [1.29, 1.82) is 0 Å². The summed E-state index contributed by atoms with van der Waals surface area (Å²) in [5, 5.41) is 2.88. The molecule has 0 aromatic heterocycles. The van der Waals surface area contributed by atoms with E-state index in [1.54, 1.807) is 12.1 Å². The second-order valence-electron chi connectivity index (χ2n) is 5.00. The minimum atomic E-state index is 0.0398. The van der Waals surface area contributed by atoms with Gasteiger partial charge in [-0.25, -0.2) is 0 Å². The Morgan fingerprint density at radius 1 is 1.29 bits per heavy atom. The highest BCUT2D eigenvalue weighted by atomic mass is 32.1. The number of unbranched alkanes of at least 4 members (excludes halogenated alkanes) is 4. The number of ether oxygens (including phenoxy) is 1. The van der Waals surface area contributed by atoms with Crippen molar-refractivity contribution < 1.29 is 9.53 Å². The Kier molecular flexibility index (Phi) is 8.43. The second-order valence-corrected chi connectivity index (χ2v) is 5.52. The number of amides is 1. The highest BCUT2D eigenvalue weighted by Crippen LogP contribution is 2.17. The van der Waals surface area contributed by atoms with Crippen LogP contribution in [0.2, 0.25) is 0 Å². The normalized spacial score (nSPS) is 10.1. The van der Waals surface area contributed by atoms with Gasteiger partial charge in [0, 0.05) is 18.2 Å². The number of anilines is 1. The average molecular weight is 308 g/mol. The van der Waals surface area contributed by atoms with Crippen LogP contribution in [0.25, 0.3) is 0 Å². The highest BCUT2D eigenvalue weighted by Gasteiger charge is 2.03. The van der Waals surface area contributed by atoms with Gasteiger partial charge in [0.25, 0.3) is 0 Å². The van der Waals surface area contributed by atoms with E-state index in [0.717, 1.165) is 18.5 Å². The average Bonchev–Trinajstić information content (AvgIpc) is 2.45. The van der Waals surface area contributed by atoms with Crippen LogP contribution in [0.15, 0.2) is 24.3 Å². The fourth-order valence-corrected chi connectivity index (χ4v) is 1.99. The first-order chi connectivity index (χ1) is 10.1. The van der Waals surface area contributed by atoms with Crippen LogP contribution in [0, 0.1) is 0 Å². The van der Waals surface area contributed by atoms with Crippen LogP contribution in [0.5, 0.6) is 5.75 Å². The molecule has 0 aliphatic rings. The number of thiocarbonyl (C=S) groups is 1. The van der Waals surface area contributed by atoms with Gasteiger partial charge in [-0.1, -0.05) is 50.9 Å². The molecule has 0 fully saturated rings. The molecular formula is C16H24N2O2S. The molecule has 116 valence electrons. The van der Waals surface area contributed by atoms with Crippen molar-refractivity contribution in [2.75, 3.05) is 11.9 Å². The summed E-state index contributed by atoms with van der Waals surface area (Å²) < 4.78 is 5.40. The molecule has 1 aromatic rings. The number of hydrogen-bond acceptors (Lipinski definition) is 3. The molecular weight excluding hydrogens is 284 g/mol. The zero-order chi connectivity index (χ0) is 15.5. The summed E-state index contributed by atoms with van der Waals surface area (Å²) in [5.41, 5.74) is 6.12. The smallest absolute Gasteiger partial charge is 0.224 e. The van der Waals surface area contributed by atoms with Crippen LogP contribution >= 0.6 is 12.2 Å². The number of rotatable bonds is 10. The molecule has 0 atom stereocenters. The quantitative estimate of drug-likeness (QED) is 0.511. The van der Waals surface area contributed by atoms with Gasteiger partial charge < -0.3 is 15.8 Å². The third kappa shape index (κ3) is 8.30. The Morgan fingerprint density at radius 2 is 2.05 bits per heavy atom. The van der Waals surface area contributed by atoms with Crippen molar-refractivity contribution in [2.45, 2.75) is 45.4 Å². The van der Waals surface area contributed by atoms with E-state index < -0.39 is 0 Å². The minimum Gasteiger partial charge on any atom is -0.486 e. The summed E-state index contributed by atoms with van der Waals surface area (Å²) >= 11 is 4.76. The predicted molar refractivity (Wildman–Crippen MR) is 90.7 cm³/mol. The van der Waals surface area contributed by atoms with E-state index in [9.17, 15) is 4.79 Å². The van der Waals surface area contributed by atoms with Crippen molar-refractivity contribution >= 4 is 28.8 Å². The number of nitrogens with one attached hydrogen (secondary N) is 1. The summed E-state index contributed by atoms with van der Waals surface area (Å²) in [6.45, 7) is 2.38. The first-order valence-electron chi connectivity index (χ1n) is 7.43. The lowest BCUT2D eigenvalue weighted by Gasteiger charge is -2.08. The molecule has 3 N–H and O–H groups in total. The lowest BCUT2D eigenvalue weighted by Crippen LogP contribution is -2.18. The van der Waals surface area contributed by atoms with Crippen LogP contribution in [-0.2, 0) is 4.79 Å². The fraction of sp³-hybridized carbons (Fsp3) is 0.500. The molecule has 0 spiro atoms. The number of nitrogens with two attached hydrogens (primary N) is 1. The summed E-state index contributed by atoms with van der Waals surface area (Å²) in [6.07, 6.45) is 6.25. The molecule has 1 amide bonds. The molecule has 0 saturated carbocycles. The van der Waals surface area contributed by atoms with Crippen molar-refractivity contribution in [3.8, 4) is 5.75 Å². The van der Waals surface area contributed by atoms with Crippen molar-refractivity contribution in [2.24, 2.45) is 5.73 Å². The maximum atomic E-state index is 11.8.